The number of nitrogens with one attached hydrogen (secondary N) is 2. The molecule has 0 spiro atoms. The number of fused-ring (bicyclic) bond motifs is 1. The summed E-state index contributed by atoms with van der Waals surface area (Å²) in [5.41, 5.74) is 3.27. The van der Waals surface area contributed by atoms with Gasteiger partial charge in [0, 0.05) is 35.2 Å². The summed E-state index contributed by atoms with van der Waals surface area (Å²) in [7, 11) is 0. The number of benzene rings is 1. The first-order valence-corrected chi connectivity index (χ1v) is 16.3. The molecule has 1 saturated heterocycles. The molecule has 9 nitrogen and oxygen atoms in total. The molecule has 2 fully saturated rings. The second kappa shape index (κ2) is 16.0. The SMILES string of the molecule is C=C/C(=C\C=C\NC(O)c1cc(C)nnc1N1CC(F)(F)C1)C(=O)N1CCC(C)/C=C(/C)SCc2ccccc21.O=CNC1CC1. The average Bonchev–Trinajstić information content (AvgIpc) is 3.84. The Morgan fingerprint density at radius 3 is 2.59 bits per heavy atom. The van der Waals surface area contributed by atoms with Gasteiger partial charge in [-0.05, 0) is 80.0 Å². The normalized spacial score (nSPS) is 21.4. The third kappa shape index (κ3) is 9.73. The molecule has 2 unspecified atom stereocenters. The highest BCUT2D eigenvalue weighted by Crippen LogP contribution is 2.34. The lowest BCUT2D eigenvalue weighted by Crippen LogP contribution is -2.57. The van der Waals surface area contributed by atoms with Crippen molar-refractivity contribution in [1.82, 2.24) is 20.8 Å². The van der Waals surface area contributed by atoms with Crippen molar-refractivity contribution in [1.29, 1.82) is 0 Å². The zero-order valence-electron chi connectivity index (χ0n) is 26.5. The molecule has 1 aromatic heterocycles. The van der Waals surface area contributed by atoms with Gasteiger partial charge in [0.05, 0.1) is 18.8 Å². The lowest BCUT2D eigenvalue weighted by Gasteiger charge is -2.40. The number of nitrogens with zero attached hydrogens (tertiary/aromatic N) is 4. The molecular weight excluding hydrogens is 610 g/mol. The highest BCUT2D eigenvalue weighted by Gasteiger charge is 2.45. The van der Waals surface area contributed by atoms with Crippen LogP contribution in [-0.2, 0) is 15.3 Å². The Morgan fingerprint density at radius 2 is 1.93 bits per heavy atom. The van der Waals surface area contributed by atoms with Crippen molar-refractivity contribution in [3.8, 4) is 0 Å². The molecule has 46 heavy (non-hydrogen) atoms. The molecule has 2 amide bonds. The molecule has 1 aliphatic carbocycles. The Morgan fingerprint density at radius 1 is 1.20 bits per heavy atom. The summed E-state index contributed by atoms with van der Waals surface area (Å²) >= 11 is 1.77. The lowest BCUT2D eigenvalue weighted by atomic mass is 10.0. The van der Waals surface area contributed by atoms with Crippen molar-refractivity contribution in [2.75, 3.05) is 29.4 Å². The van der Waals surface area contributed by atoms with Gasteiger partial charge in [-0.15, -0.1) is 16.9 Å². The molecule has 246 valence electrons. The van der Waals surface area contributed by atoms with Crippen LogP contribution in [0.5, 0.6) is 0 Å². The van der Waals surface area contributed by atoms with Gasteiger partial charge in [-0.2, -0.15) is 5.10 Å². The number of aliphatic hydroxyl groups is 1. The quantitative estimate of drug-likeness (QED) is 0.140. The number of allylic oxidation sites excluding steroid dienone is 4. The first-order chi connectivity index (χ1) is 22.0. The van der Waals surface area contributed by atoms with Gasteiger partial charge in [0.15, 0.2) is 12.0 Å². The van der Waals surface area contributed by atoms with Crippen molar-refractivity contribution < 1.29 is 23.5 Å². The van der Waals surface area contributed by atoms with Crippen LogP contribution in [0.25, 0.3) is 0 Å². The number of aromatic nitrogens is 2. The highest BCUT2D eigenvalue weighted by molar-refractivity contribution is 8.02. The van der Waals surface area contributed by atoms with Crippen LogP contribution in [0.1, 0.15) is 56.2 Å². The fourth-order valence-corrected chi connectivity index (χ4v) is 5.97. The Kier molecular flexibility index (Phi) is 12.1. The first-order valence-electron chi connectivity index (χ1n) is 15.3. The van der Waals surface area contributed by atoms with Gasteiger partial charge in [0.2, 0.25) is 6.41 Å². The molecule has 12 heteroatoms. The van der Waals surface area contributed by atoms with Crippen molar-refractivity contribution in [3.63, 3.8) is 0 Å². The lowest BCUT2D eigenvalue weighted by molar-refractivity contribution is -0.115. The van der Waals surface area contributed by atoms with E-state index in [4.69, 9.17) is 0 Å². The summed E-state index contributed by atoms with van der Waals surface area (Å²) in [5, 5.41) is 24.2. The van der Waals surface area contributed by atoms with Crippen LogP contribution in [0, 0.1) is 12.8 Å². The van der Waals surface area contributed by atoms with E-state index >= 15 is 0 Å². The number of carbonyl (C=O) groups excluding carboxylic acids is 2. The summed E-state index contributed by atoms with van der Waals surface area (Å²) in [4.78, 5) is 27.7. The zero-order valence-corrected chi connectivity index (χ0v) is 27.3. The topological polar surface area (TPSA) is 111 Å². The van der Waals surface area contributed by atoms with Crippen molar-refractivity contribution in [3.05, 3.63) is 94.7 Å². The maximum absolute atomic E-state index is 13.7. The number of thioether (sulfide) groups is 1. The molecule has 0 radical (unpaired) electrons. The second-order valence-corrected chi connectivity index (χ2v) is 12.9. The molecule has 2 aromatic rings. The maximum Gasteiger partial charge on any atom is 0.282 e. The number of aryl methyl sites for hydroxylation is 1. The Bertz CT molecular complexity index is 1480. The molecule has 0 bridgehead atoms. The van der Waals surface area contributed by atoms with Gasteiger partial charge in [-0.3, -0.25) is 9.59 Å². The summed E-state index contributed by atoms with van der Waals surface area (Å²) in [6.45, 7) is 9.46. The number of rotatable bonds is 9. The zero-order chi connectivity index (χ0) is 33.3. The minimum atomic E-state index is -2.78. The van der Waals surface area contributed by atoms with Gasteiger partial charge in [-0.1, -0.05) is 43.9 Å². The molecule has 1 saturated carbocycles. The standard InChI is InChI=1S/C30H35F2N5O2S.C4H7NO/c1-5-23(29(39)37-14-12-20(2)15-22(4)40-17-24-9-6-7-11-26(24)37)10-8-13-33-28(38)25-16-21(3)34-35-27(25)36-18-30(31,32)19-36;6-3-5-4-1-2-4/h5-11,13,15-16,20,28,33,38H,1,12,14,17-19H2,2-4H3;3-4H,1-2H2,(H,5,6)/b13-8+,22-15-,23-10+;. The molecule has 1 aromatic carbocycles. The highest BCUT2D eigenvalue weighted by atomic mass is 32.2. The number of halogens is 2. The third-order valence-corrected chi connectivity index (χ3v) is 8.69. The van der Waals surface area contributed by atoms with Gasteiger partial charge in [0.1, 0.15) is 0 Å². The van der Waals surface area contributed by atoms with E-state index in [1.54, 1.807) is 36.9 Å². The number of aliphatic hydroxyl groups excluding tert-OH is 1. The van der Waals surface area contributed by atoms with Crippen molar-refractivity contribution >= 4 is 35.6 Å². The maximum atomic E-state index is 13.7. The fraction of sp³-hybridized carbons (Fsp3) is 0.412. The molecular formula is C34H42F2N6O3S. The van der Waals surface area contributed by atoms with Gasteiger partial charge >= 0.3 is 0 Å². The monoisotopic (exact) mass is 652 g/mol. The summed E-state index contributed by atoms with van der Waals surface area (Å²) in [6.07, 6.45) is 11.2. The average molecular weight is 653 g/mol. The molecule has 2 atom stereocenters. The Labute approximate surface area is 273 Å². The van der Waals surface area contributed by atoms with Crippen LogP contribution >= 0.6 is 11.8 Å². The smallest absolute Gasteiger partial charge is 0.282 e. The third-order valence-electron chi connectivity index (χ3n) is 7.65. The van der Waals surface area contributed by atoms with E-state index in [9.17, 15) is 23.5 Å². The number of anilines is 2. The number of amides is 2. The minimum absolute atomic E-state index is 0.166. The predicted molar refractivity (Wildman–Crippen MR) is 179 cm³/mol. The van der Waals surface area contributed by atoms with E-state index < -0.39 is 25.2 Å². The van der Waals surface area contributed by atoms with Crippen LogP contribution in [-0.4, -0.2) is 59.2 Å². The number of alkyl halides is 2. The first kappa shape index (κ1) is 34.8. The van der Waals surface area contributed by atoms with Crippen LogP contribution < -0.4 is 20.4 Å². The van der Waals surface area contributed by atoms with E-state index in [1.165, 1.54) is 34.9 Å². The van der Waals surface area contributed by atoms with Crippen LogP contribution in [0.3, 0.4) is 0 Å². The van der Waals surface area contributed by atoms with Crippen LogP contribution in [0.15, 0.2) is 77.9 Å². The van der Waals surface area contributed by atoms with E-state index in [0.29, 0.717) is 35.3 Å². The van der Waals surface area contributed by atoms with Gasteiger partial charge in [0.25, 0.3) is 11.8 Å². The number of hydrogen-bond donors (Lipinski definition) is 3. The van der Waals surface area contributed by atoms with Crippen LogP contribution in [0.2, 0.25) is 0 Å². The second-order valence-electron chi connectivity index (χ2n) is 11.7. The molecule has 2 aliphatic heterocycles. The van der Waals surface area contributed by atoms with Crippen molar-refractivity contribution in [2.24, 2.45) is 5.92 Å². The minimum Gasteiger partial charge on any atom is -0.369 e. The van der Waals surface area contributed by atoms with Crippen molar-refractivity contribution in [2.45, 2.75) is 64.0 Å². The number of carbonyl (C=O) groups is 2. The van der Waals surface area contributed by atoms with Crippen LogP contribution in [0.4, 0.5) is 20.3 Å². The molecule has 3 aliphatic rings. The fourth-order valence-electron chi connectivity index (χ4n) is 5.01. The van der Waals surface area contributed by atoms with E-state index in [0.717, 1.165) is 29.8 Å². The summed E-state index contributed by atoms with van der Waals surface area (Å²) < 4.78 is 26.8. The van der Waals surface area contributed by atoms with Gasteiger partial charge < -0.3 is 25.5 Å². The van der Waals surface area contributed by atoms with E-state index in [-0.39, 0.29) is 11.7 Å². The Hall–Kier alpha value is -4.03. The predicted octanol–water partition coefficient (Wildman–Crippen LogP) is 5.55. The molecule has 3 N–H and O–H groups in total. The largest absolute Gasteiger partial charge is 0.369 e. The number of para-hydroxylation sites is 1. The number of hydrogen-bond acceptors (Lipinski definition) is 8. The van der Waals surface area contributed by atoms with E-state index in [2.05, 4.69) is 53.4 Å². The Balaban J connectivity index is 0.000000717. The molecule has 5 rings (SSSR count). The van der Waals surface area contributed by atoms with E-state index in [1.807, 2.05) is 23.1 Å². The summed E-state index contributed by atoms with van der Waals surface area (Å²) in [5.74, 6) is -1.64. The molecule has 3 heterocycles. The summed E-state index contributed by atoms with van der Waals surface area (Å²) in [6, 6.07) is 10.1. The van der Waals surface area contributed by atoms with Gasteiger partial charge in [-0.25, -0.2) is 8.78 Å².